The van der Waals surface area contributed by atoms with E-state index in [1.165, 1.54) is 11.6 Å². The van der Waals surface area contributed by atoms with Crippen molar-refractivity contribution < 1.29 is 21.1 Å². The maximum atomic E-state index is 5.42. The third-order valence-electron chi connectivity index (χ3n) is 3.73. The third kappa shape index (κ3) is 6.16. The largest absolute Gasteiger partial charge is 0.334 e. The Bertz CT molecular complexity index is 898. The van der Waals surface area contributed by atoms with Crippen LogP contribution in [0, 0.1) is 18.7 Å². The molecule has 0 spiro atoms. The zero-order valence-corrected chi connectivity index (χ0v) is 16.9. The average Bonchev–Trinajstić information content (AvgIpc) is 2.76. The molecule has 0 saturated heterocycles. The Hall–Kier alpha value is -2.76. The molecule has 2 heteroatoms. The molecule has 3 aromatic carbocycles. The van der Waals surface area contributed by atoms with Crippen molar-refractivity contribution in [2.75, 3.05) is 0 Å². The Kier molecular flexibility index (Phi) is 8.42. The van der Waals surface area contributed by atoms with E-state index in [1.54, 1.807) is 6.20 Å². The first-order chi connectivity index (χ1) is 12.9. The van der Waals surface area contributed by atoms with Crippen molar-refractivity contribution in [1.82, 2.24) is 4.98 Å². The van der Waals surface area contributed by atoms with Crippen molar-refractivity contribution in [3.63, 3.8) is 0 Å². The topological polar surface area (TPSA) is 12.9 Å². The first-order valence-electron chi connectivity index (χ1n) is 8.37. The number of benzene rings is 3. The standard InChI is InChI=1S/C13H9N.C12H9.Pt/c1-2-11-6-5-7-12(10-11)13-8-3-4-9-14-13;1-3-7-11(8-4-1)12-9-5-2-6-10-12;/h1-9H;1-9H;/q-2;-1;. The molecule has 27 heavy (non-hydrogen) atoms. The summed E-state index contributed by atoms with van der Waals surface area (Å²) >= 11 is 0. The normalized spacial score (nSPS) is 9.33. The van der Waals surface area contributed by atoms with Gasteiger partial charge < -0.3 is 6.58 Å². The molecule has 0 fully saturated rings. The number of hydrogen-bond donors (Lipinski definition) is 0. The molecule has 0 bridgehead atoms. The molecule has 0 saturated carbocycles. The fourth-order valence-electron chi connectivity index (χ4n) is 2.45. The minimum absolute atomic E-state index is 0. The molecule has 0 aliphatic heterocycles. The van der Waals surface area contributed by atoms with Gasteiger partial charge in [0, 0.05) is 33.0 Å². The SMILES string of the molecule is [CH-]=Cc1[c-]c(-c2ccccn2)ccc1.[Pt].[c-]1ccccc1-c1ccccc1. The van der Waals surface area contributed by atoms with E-state index in [1.807, 2.05) is 72.8 Å². The van der Waals surface area contributed by atoms with Crippen molar-refractivity contribution in [1.29, 1.82) is 0 Å². The first kappa shape index (κ1) is 20.5. The molecule has 0 aliphatic carbocycles. The fourth-order valence-corrected chi connectivity index (χ4v) is 2.45. The summed E-state index contributed by atoms with van der Waals surface area (Å²) in [6.07, 6.45) is 3.30. The molecule has 136 valence electrons. The van der Waals surface area contributed by atoms with Gasteiger partial charge in [0.1, 0.15) is 0 Å². The molecular formula is C25H18NPt-3. The summed E-state index contributed by atoms with van der Waals surface area (Å²) in [5, 5.41) is 0. The predicted octanol–water partition coefficient (Wildman–Crippen LogP) is 6.15. The number of rotatable bonds is 3. The van der Waals surface area contributed by atoms with E-state index < -0.39 is 0 Å². The summed E-state index contributed by atoms with van der Waals surface area (Å²) in [6, 6.07) is 36.2. The van der Waals surface area contributed by atoms with Crippen molar-refractivity contribution in [2.24, 2.45) is 0 Å². The van der Waals surface area contributed by atoms with Crippen LogP contribution in [0.15, 0.2) is 97.2 Å². The smallest absolute Gasteiger partial charge is 0.0183 e. The molecule has 1 nitrogen and oxygen atoms in total. The molecule has 0 aliphatic rings. The van der Waals surface area contributed by atoms with Crippen LogP contribution >= 0.6 is 0 Å². The Labute approximate surface area is 175 Å². The predicted molar refractivity (Wildman–Crippen MR) is 108 cm³/mol. The van der Waals surface area contributed by atoms with Crippen LogP contribution in [-0.2, 0) is 21.1 Å². The van der Waals surface area contributed by atoms with Gasteiger partial charge in [-0.2, -0.15) is 0 Å². The molecule has 4 aromatic rings. The third-order valence-corrected chi connectivity index (χ3v) is 3.73. The van der Waals surface area contributed by atoms with Crippen LogP contribution in [-0.4, -0.2) is 4.98 Å². The van der Waals surface area contributed by atoms with Crippen molar-refractivity contribution >= 4 is 6.08 Å². The van der Waals surface area contributed by atoms with Gasteiger partial charge in [-0.3, -0.25) is 16.6 Å². The van der Waals surface area contributed by atoms with Crippen molar-refractivity contribution in [2.45, 2.75) is 0 Å². The van der Waals surface area contributed by atoms with E-state index in [9.17, 15) is 0 Å². The van der Waals surface area contributed by atoms with E-state index in [-0.39, 0.29) is 21.1 Å². The van der Waals surface area contributed by atoms with Crippen LogP contribution in [0.5, 0.6) is 0 Å². The molecule has 1 aromatic heterocycles. The summed E-state index contributed by atoms with van der Waals surface area (Å²) in [5.41, 5.74) is 5.13. The van der Waals surface area contributed by atoms with E-state index in [0.29, 0.717) is 0 Å². The minimum Gasteiger partial charge on any atom is -0.334 e. The summed E-state index contributed by atoms with van der Waals surface area (Å²) < 4.78 is 0. The van der Waals surface area contributed by atoms with Gasteiger partial charge >= 0.3 is 0 Å². The van der Waals surface area contributed by atoms with Gasteiger partial charge in [0.15, 0.2) is 0 Å². The number of aromatic nitrogens is 1. The zero-order chi connectivity index (χ0) is 18.0. The van der Waals surface area contributed by atoms with E-state index >= 15 is 0 Å². The van der Waals surface area contributed by atoms with Crippen molar-refractivity contribution in [3.05, 3.63) is 121 Å². The summed E-state index contributed by atoms with van der Waals surface area (Å²) in [4.78, 5) is 4.24. The molecular weight excluding hydrogens is 509 g/mol. The Morgan fingerprint density at radius 2 is 1.48 bits per heavy atom. The minimum atomic E-state index is 0. The van der Waals surface area contributed by atoms with E-state index in [4.69, 9.17) is 6.58 Å². The Morgan fingerprint density at radius 3 is 2.15 bits per heavy atom. The zero-order valence-electron chi connectivity index (χ0n) is 14.7. The number of nitrogens with zero attached hydrogens (tertiary/aromatic N) is 1. The number of hydrogen-bond acceptors (Lipinski definition) is 1. The van der Waals surface area contributed by atoms with E-state index in [2.05, 4.69) is 35.3 Å². The molecule has 1 heterocycles. The quantitative estimate of drug-likeness (QED) is 0.292. The summed E-state index contributed by atoms with van der Waals surface area (Å²) in [7, 11) is 0. The second kappa shape index (κ2) is 11.1. The van der Waals surface area contributed by atoms with Gasteiger partial charge in [0.25, 0.3) is 0 Å². The maximum absolute atomic E-state index is 5.42. The number of pyridine rings is 1. The second-order valence-electron chi connectivity index (χ2n) is 5.54. The van der Waals surface area contributed by atoms with Crippen LogP contribution < -0.4 is 0 Å². The molecule has 0 unspecified atom stereocenters. The Morgan fingerprint density at radius 1 is 0.741 bits per heavy atom. The first-order valence-corrected chi connectivity index (χ1v) is 8.37. The molecule has 0 radical (unpaired) electrons. The van der Waals surface area contributed by atoms with Crippen LogP contribution in [0.4, 0.5) is 0 Å². The average molecular weight is 528 g/mol. The maximum Gasteiger partial charge on any atom is 0.0183 e. The van der Waals surface area contributed by atoms with Crippen molar-refractivity contribution in [3.8, 4) is 22.4 Å². The van der Waals surface area contributed by atoms with Gasteiger partial charge in [-0.25, -0.2) is 12.1 Å². The van der Waals surface area contributed by atoms with Gasteiger partial charge in [0.2, 0.25) is 0 Å². The van der Waals surface area contributed by atoms with Crippen LogP contribution in [0.3, 0.4) is 0 Å². The van der Waals surface area contributed by atoms with Gasteiger partial charge in [0.05, 0.1) is 0 Å². The molecule has 0 atom stereocenters. The molecule has 0 amide bonds. The van der Waals surface area contributed by atoms with Crippen LogP contribution in [0.1, 0.15) is 5.56 Å². The van der Waals surface area contributed by atoms with Gasteiger partial charge in [-0.15, -0.1) is 53.6 Å². The van der Waals surface area contributed by atoms with Crippen LogP contribution in [0.2, 0.25) is 0 Å². The second-order valence-corrected chi connectivity index (χ2v) is 5.54. The van der Waals surface area contributed by atoms with E-state index in [0.717, 1.165) is 22.4 Å². The van der Waals surface area contributed by atoms with Gasteiger partial charge in [-0.1, -0.05) is 48.0 Å². The van der Waals surface area contributed by atoms with Gasteiger partial charge in [-0.05, 0) is 6.07 Å². The summed E-state index contributed by atoms with van der Waals surface area (Å²) in [5.74, 6) is 0. The molecule has 0 N–H and O–H groups in total. The van der Waals surface area contributed by atoms with Crippen LogP contribution in [0.25, 0.3) is 28.5 Å². The molecule has 4 rings (SSSR count). The summed E-state index contributed by atoms with van der Waals surface area (Å²) in [6.45, 7) is 5.42. The fraction of sp³-hybridized carbons (Fsp3) is 0. The Balaban J connectivity index is 0.000000189. The monoisotopic (exact) mass is 527 g/mol.